The monoisotopic (exact) mass is 521 g/mol. The first-order chi connectivity index (χ1) is 16.2. The molecule has 3 heterocycles. The molecule has 1 amide bonds. The van der Waals surface area contributed by atoms with E-state index in [1.807, 2.05) is 30.0 Å². The van der Waals surface area contributed by atoms with Crippen LogP contribution in [0.25, 0.3) is 0 Å². The maximum atomic E-state index is 12.8. The zero-order valence-electron chi connectivity index (χ0n) is 20.3. The van der Waals surface area contributed by atoms with Gasteiger partial charge in [0.15, 0.2) is 9.84 Å². The summed E-state index contributed by atoms with van der Waals surface area (Å²) in [5.74, 6) is -1.90. The highest BCUT2D eigenvalue weighted by atomic mass is 32.2. The number of likely N-dealkylation sites (tertiary alicyclic amines) is 1. The van der Waals surface area contributed by atoms with Crippen LogP contribution in [0.2, 0.25) is 0 Å². The fraction of sp³-hybridized carbons (Fsp3) is 0.696. The second-order valence-corrected chi connectivity index (χ2v) is 11.7. The second kappa shape index (κ2) is 12.2. The number of carboxylic acid groups (broad SMARTS) is 1. The number of halogens is 3. The molecule has 0 aromatic carbocycles. The molecule has 1 aromatic rings. The maximum absolute atomic E-state index is 12.8. The van der Waals surface area contributed by atoms with Gasteiger partial charge in [0.05, 0.1) is 16.7 Å². The number of carboxylic acids is 1. The van der Waals surface area contributed by atoms with Crippen LogP contribution < -0.4 is 0 Å². The summed E-state index contributed by atoms with van der Waals surface area (Å²) in [5.41, 5.74) is 1.95. The van der Waals surface area contributed by atoms with Crippen LogP contribution in [0.15, 0.2) is 18.2 Å². The normalized spacial score (nSPS) is 22.5. The number of fused-ring (bicyclic) bond motifs is 1. The Morgan fingerprint density at radius 3 is 2.37 bits per heavy atom. The summed E-state index contributed by atoms with van der Waals surface area (Å²) >= 11 is 0. The zero-order valence-corrected chi connectivity index (χ0v) is 21.1. The molecule has 2 aliphatic heterocycles. The van der Waals surface area contributed by atoms with Crippen molar-refractivity contribution in [2.24, 2.45) is 5.92 Å². The van der Waals surface area contributed by atoms with E-state index in [2.05, 4.69) is 23.7 Å². The van der Waals surface area contributed by atoms with E-state index >= 15 is 0 Å². The molecule has 2 atom stereocenters. The molecule has 2 saturated heterocycles. The molecule has 0 bridgehead atoms. The van der Waals surface area contributed by atoms with Crippen LogP contribution >= 0.6 is 0 Å². The summed E-state index contributed by atoms with van der Waals surface area (Å²) in [7, 11) is -3.12. The Hall–Kier alpha value is -2.21. The molecule has 1 N–H and O–H groups in total. The molecule has 3 rings (SSSR count). The Kier molecular flexibility index (Phi) is 10.1. The minimum absolute atomic E-state index is 0.0380. The lowest BCUT2D eigenvalue weighted by molar-refractivity contribution is -0.192. The van der Waals surface area contributed by atoms with Gasteiger partial charge in [-0.05, 0) is 44.2 Å². The van der Waals surface area contributed by atoms with Crippen molar-refractivity contribution in [1.82, 2.24) is 14.8 Å². The third-order valence-electron chi connectivity index (χ3n) is 6.24. The lowest BCUT2D eigenvalue weighted by Gasteiger charge is -2.39. The van der Waals surface area contributed by atoms with Crippen LogP contribution in [0.4, 0.5) is 13.2 Å². The third-order valence-corrected chi connectivity index (χ3v) is 8.47. The van der Waals surface area contributed by atoms with Crippen LogP contribution in [0.3, 0.4) is 0 Å². The van der Waals surface area contributed by atoms with Crippen molar-refractivity contribution in [2.45, 2.75) is 70.5 Å². The molecule has 8 nitrogen and oxygen atoms in total. The van der Waals surface area contributed by atoms with E-state index in [-0.39, 0.29) is 23.0 Å². The summed E-state index contributed by atoms with van der Waals surface area (Å²) in [5, 5.41) is 6.74. The van der Waals surface area contributed by atoms with Crippen LogP contribution in [0.5, 0.6) is 0 Å². The van der Waals surface area contributed by atoms with Crippen molar-refractivity contribution < 1.29 is 36.3 Å². The van der Waals surface area contributed by atoms with E-state index in [9.17, 15) is 26.4 Å². The molecule has 0 saturated carbocycles. The molecular formula is C23H34F3N3O5S. The van der Waals surface area contributed by atoms with E-state index in [1.54, 1.807) is 0 Å². The number of aromatic nitrogens is 1. The molecule has 2 fully saturated rings. The highest BCUT2D eigenvalue weighted by Gasteiger charge is 2.43. The van der Waals surface area contributed by atoms with Gasteiger partial charge in [-0.15, -0.1) is 0 Å². The minimum atomic E-state index is -5.08. The summed E-state index contributed by atoms with van der Waals surface area (Å²) < 4.78 is 57.3. The number of pyridine rings is 1. The van der Waals surface area contributed by atoms with E-state index < -0.39 is 22.0 Å². The fourth-order valence-corrected chi connectivity index (χ4v) is 6.41. The smallest absolute Gasteiger partial charge is 0.475 e. The van der Waals surface area contributed by atoms with Gasteiger partial charge in [-0.2, -0.15) is 13.2 Å². The average molecular weight is 522 g/mol. The molecule has 35 heavy (non-hydrogen) atoms. The minimum Gasteiger partial charge on any atom is -0.475 e. The Balaban J connectivity index is 0.000000540. The Labute approximate surface area is 204 Å². The number of carbonyl (C=O) groups excluding carboxylic acids is 1. The standard InChI is InChI=1S/C21H33N3O3S.C2HF3O2/c1-16(2)7-8-21(25)23-11-9-19-20(10-12-23)28(26,27)14-13-24(19)15-18-6-4-5-17(3)22-18;3-2(4,5)1(6)7/h4-6,16,19-20H,7-15H2,1-3H3;(H,6,7)/t19-,20+;/m0./s1. The number of hydrogen-bond acceptors (Lipinski definition) is 6. The predicted octanol–water partition coefficient (Wildman–Crippen LogP) is 3.05. The van der Waals surface area contributed by atoms with Gasteiger partial charge in [-0.1, -0.05) is 19.9 Å². The first-order valence-corrected chi connectivity index (χ1v) is 13.4. The van der Waals surface area contributed by atoms with E-state index in [1.165, 1.54) is 0 Å². The Morgan fingerprint density at radius 2 is 1.80 bits per heavy atom. The van der Waals surface area contributed by atoms with Crippen LogP contribution in [0, 0.1) is 12.8 Å². The maximum Gasteiger partial charge on any atom is 0.490 e. The first-order valence-electron chi connectivity index (χ1n) is 11.7. The van der Waals surface area contributed by atoms with Gasteiger partial charge in [0, 0.05) is 44.3 Å². The topological polar surface area (TPSA) is 108 Å². The number of aryl methyl sites for hydroxylation is 1. The highest BCUT2D eigenvalue weighted by Crippen LogP contribution is 2.29. The third kappa shape index (κ3) is 8.75. The number of amides is 1. The molecule has 0 aliphatic carbocycles. The van der Waals surface area contributed by atoms with Crippen molar-refractivity contribution >= 4 is 21.7 Å². The van der Waals surface area contributed by atoms with Gasteiger partial charge in [-0.25, -0.2) is 13.2 Å². The van der Waals surface area contributed by atoms with Crippen LogP contribution in [0.1, 0.15) is 50.9 Å². The van der Waals surface area contributed by atoms with E-state index in [4.69, 9.17) is 9.90 Å². The van der Waals surface area contributed by atoms with Gasteiger partial charge in [0.1, 0.15) is 0 Å². The number of rotatable bonds is 5. The molecule has 2 aliphatic rings. The van der Waals surface area contributed by atoms with Gasteiger partial charge in [-0.3, -0.25) is 14.7 Å². The van der Waals surface area contributed by atoms with Crippen molar-refractivity contribution in [2.75, 3.05) is 25.4 Å². The lowest BCUT2D eigenvalue weighted by atomic mass is 10.1. The summed E-state index contributed by atoms with van der Waals surface area (Å²) in [4.78, 5) is 30.2. The second-order valence-electron chi connectivity index (χ2n) is 9.41. The molecule has 0 unspecified atom stereocenters. The molecular weight excluding hydrogens is 487 g/mol. The number of sulfone groups is 1. The van der Waals surface area contributed by atoms with Gasteiger partial charge >= 0.3 is 12.1 Å². The molecule has 1 aromatic heterocycles. The quantitative estimate of drug-likeness (QED) is 0.635. The number of aliphatic carboxylic acids is 1. The summed E-state index contributed by atoms with van der Waals surface area (Å²) in [6, 6.07) is 5.94. The van der Waals surface area contributed by atoms with E-state index in [0.717, 1.165) is 17.8 Å². The van der Waals surface area contributed by atoms with Crippen LogP contribution in [-0.2, 0) is 26.0 Å². The molecule has 0 spiro atoms. The van der Waals surface area contributed by atoms with Gasteiger partial charge in [0.25, 0.3) is 0 Å². The van der Waals surface area contributed by atoms with Crippen molar-refractivity contribution in [3.63, 3.8) is 0 Å². The van der Waals surface area contributed by atoms with E-state index in [0.29, 0.717) is 51.4 Å². The predicted molar refractivity (Wildman–Crippen MR) is 124 cm³/mol. The van der Waals surface area contributed by atoms with Crippen molar-refractivity contribution in [3.05, 3.63) is 29.6 Å². The first kappa shape index (κ1) is 29.0. The molecule has 12 heteroatoms. The zero-order chi connectivity index (χ0) is 26.4. The van der Waals surface area contributed by atoms with Gasteiger partial charge < -0.3 is 10.0 Å². The number of alkyl halides is 3. The summed E-state index contributed by atoms with van der Waals surface area (Å²) in [6.07, 6.45) is -2.40. The number of nitrogens with zero attached hydrogens (tertiary/aromatic N) is 3. The number of carbonyl (C=O) groups is 2. The fourth-order valence-electron chi connectivity index (χ4n) is 4.37. The SMILES string of the molecule is Cc1cccc(CN2CCS(=O)(=O)[C@@H]3CCN(C(=O)CCC(C)C)CC[C@@H]32)n1.O=C(O)C(F)(F)F. The largest absolute Gasteiger partial charge is 0.490 e. The summed E-state index contributed by atoms with van der Waals surface area (Å²) in [6.45, 7) is 8.61. The lowest BCUT2D eigenvalue weighted by Crippen LogP contribution is -2.54. The van der Waals surface area contributed by atoms with Crippen molar-refractivity contribution in [3.8, 4) is 0 Å². The highest BCUT2D eigenvalue weighted by molar-refractivity contribution is 7.92. The Morgan fingerprint density at radius 1 is 1.17 bits per heavy atom. The van der Waals surface area contributed by atoms with Crippen LogP contribution in [-0.4, -0.2) is 83.0 Å². The van der Waals surface area contributed by atoms with Gasteiger partial charge in [0.2, 0.25) is 5.91 Å². The number of hydrogen-bond donors (Lipinski definition) is 1. The molecule has 198 valence electrons. The average Bonchev–Trinajstić information content (AvgIpc) is 2.98. The molecule has 0 radical (unpaired) electrons. The Bertz CT molecular complexity index is 985. The van der Waals surface area contributed by atoms with Crippen molar-refractivity contribution in [1.29, 1.82) is 0 Å².